The number of nitrogens with one attached hydrogen (secondary N) is 2. The fourth-order valence-electron chi connectivity index (χ4n) is 5.69. The molecule has 1 fully saturated rings. The minimum absolute atomic E-state index is 0.377. The van der Waals surface area contributed by atoms with Gasteiger partial charge in [-0.05, 0) is 57.1 Å². The minimum atomic E-state index is -0.763. The number of rotatable bonds is 26. The summed E-state index contributed by atoms with van der Waals surface area (Å²) in [4.78, 5) is 24.7. The summed E-state index contributed by atoms with van der Waals surface area (Å²) in [6.07, 6.45) is 30.2. The summed E-state index contributed by atoms with van der Waals surface area (Å²) in [6.45, 7) is 4.46. The lowest BCUT2D eigenvalue weighted by molar-refractivity contribution is -0.122. The normalized spacial score (nSPS) is 17.7. The van der Waals surface area contributed by atoms with Crippen LogP contribution in [0.1, 0.15) is 174 Å². The molecule has 6 heteroatoms. The smallest absolute Gasteiger partial charge is 0.279 e. The summed E-state index contributed by atoms with van der Waals surface area (Å²) in [7, 11) is 0. The van der Waals surface area contributed by atoms with Crippen LogP contribution in [0.4, 0.5) is 8.78 Å². The molecule has 41 heavy (non-hydrogen) atoms. The second kappa shape index (κ2) is 25.9. The molecule has 1 aliphatic carbocycles. The van der Waals surface area contributed by atoms with E-state index in [1.165, 1.54) is 102 Å². The molecule has 238 valence electrons. The molecule has 4 nitrogen and oxygen atoms in total. The van der Waals surface area contributed by atoms with Crippen LogP contribution < -0.4 is 10.6 Å². The van der Waals surface area contributed by atoms with Crippen molar-refractivity contribution in [2.45, 2.75) is 186 Å². The van der Waals surface area contributed by atoms with Crippen molar-refractivity contribution in [2.24, 2.45) is 0 Å². The molecule has 0 aromatic carbocycles. The maximum Gasteiger partial charge on any atom is 0.279 e. The van der Waals surface area contributed by atoms with E-state index in [0.29, 0.717) is 25.7 Å². The number of hydrogen-bond acceptors (Lipinski definition) is 2. The van der Waals surface area contributed by atoms with E-state index in [9.17, 15) is 18.4 Å². The molecular weight excluding hydrogens is 518 g/mol. The van der Waals surface area contributed by atoms with Gasteiger partial charge in [-0.1, -0.05) is 129 Å². The molecule has 0 aromatic rings. The van der Waals surface area contributed by atoms with Gasteiger partial charge >= 0.3 is 0 Å². The van der Waals surface area contributed by atoms with Crippen molar-refractivity contribution in [1.29, 1.82) is 0 Å². The number of unbranched alkanes of at least 4 members (excludes halogenated alkanes) is 20. The summed E-state index contributed by atoms with van der Waals surface area (Å²) in [5.41, 5.74) is 0. The summed E-state index contributed by atoms with van der Waals surface area (Å²) < 4.78 is 28.7. The summed E-state index contributed by atoms with van der Waals surface area (Å²) in [6, 6.07) is -0.754. The van der Waals surface area contributed by atoms with E-state index in [-0.39, 0.29) is 12.1 Å². The molecule has 2 atom stereocenters. The van der Waals surface area contributed by atoms with Gasteiger partial charge in [-0.25, -0.2) is 8.78 Å². The average molecular weight is 581 g/mol. The van der Waals surface area contributed by atoms with E-state index in [4.69, 9.17) is 0 Å². The van der Waals surface area contributed by atoms with Crippen LogP contribution >= 0.6 is 0 Å². The number of amides is 2. The van der Waals surface area contributed by atoms with Gasteiger partial charge in [0.25, 0.3) is 11.8 Å². The Labute approximate surface area is 251 Å². The van der Waals surface area contributed by atoms with Crippen LogP contribution in [0.3, 0.4) is 0 Å². The standard InChI is InChI=1S/C35H62F2N2O2/c1-3-5-7-9-11-13-15-17-19-21-23-26-30(36)34(40)38-32-28-25-29-33(32)39-35(41)31(37)27-24-22-20-18-16-14-12-10-8-6-4-2/h26-27,32-33H,3-25,28-29H2,1-2H3,(H,38,40)(H,39,41)/b30-26+,31-27+/t32-,33+. The van der Waals surface area contributed by atoms with Gasteiger partial charge in [0, 0.05) is 12.1 Å². The van der Waals surface area contributed by atoms with Gasteiger partial charge in [0.05, 0.1) is 0 Å². The zero-order valence-corrected chi connectivity index (χ0v) is 26.6. The quantitative estimate of drug-likeness (QED) is 0.0790. The monoisotopic (exact) mass is 580 g/mol. The second-order valence-electron chi connectivity index (χ2n) is 12.1. The van der Waals surface area contributed by atoms with Gasteiger partial charge in [0.2, 0.25) is 0 Å². The fraction of sp³-hybridized carbons (Fsp3) is 0.829. The van der Waals surface area contributed by atoms with Gasteiger partial charge in [0.15, 0.2) is 11.7 Å². The van der Waals surface area contributed by atoms with Crippen molar-refractivity contribution in [1.82, 2.24) is 10.6 Å². The van der Waals surface area contributed by atoms with Crippen LogP contribution in [0.2, 0.25) is 0 Å². The number of carbonyl (C=O) groups is 2. The molecular formula is C35H62F2N2O2. The van der Waals surface area contributed by atoms with Crippen LogP contribution in [0.25, 0.3) is 0 Å². The third-order valence-corrected chi connectivity index (χ3v) is 8.35. The van der Waals surface area contributed by atoms with E-state index in [2.05, 4.69) is 24.5 Å². The molecule has 0 radical (unpaired) electrons. The second-order valence-corrected chi connectivity index (χ2v) is 12.1. The van der Waals surface area contributed by atoms with E-state index < -0.39 is 23.5 Å². The highest BCUT2D eigenvalue weighted by Gasteiger charge is 2.31. The first kappa shape index (κ1) is 37.3. The predicted octanol–water partition coefficient (Wildman–Crippen LogP) is 10.5. The van der Waals surface area contributed by atoms with Gasteiger partial charge in [-0.2, -0.15) is 0 Å². The minimum Gasteiger partial charge on any atom is -0.345 e. The zero-order chi connectivity index (χ0) is 30.0. The Morgan fingerprint density at radius 2 is 0.829 bits per heavy atom. The Morgan fingerprint density at radius 1 is 0.537 bits per heavy atom. The highest BCUT2D eigenvalue weighted by atomic mass is 19.1. The topological polar surface area (TPSA) is 58.2 Å². The maximum atomic E-state index is 14.4. The van der Waals surface area contributed by atoms with Gasteiger partial charge in [0.1, 0.15) is 0 Å². The molecule has 0 aromatic heterocycles. The number of carbonyl (C=O) groups excluding carboxylic acids is 2. The molecule has 2 amide bonds. The van der Waals surface area contributed by atoms with Crippen molar-refractivity contribution < 1.29 is 18.4 Å². The summed E-state index contributed by atoms with van der Waals surface area (Å²) in [5.74, 6) is -3.00. The average Bonchev–Trinajstić information content (AvgIpc) is 3.40. The van der Waals surface area contributed by atoms with Gasteiger partial charge in [-0.3, -0.25) is 9.59 Å². The van der Waals surface area contributed by atoms with Crippen molar-refractivity contribution >= 4 is 11.8 Å². The highest BCUT2D eigenvalue weighted by molar-refractivity contribution is 5.92. The van der Waals surface area contributed by atoms with Crippen molar-refractivity contribution in [3.63, 3.8) is 0 Å². The zero-order valence-electron chi connectivity index (χ0n) is 26.6. The molecule has 0 aliphatic heterocycles. The molecule has 0 heterocycles. The molecule has 0 bridgehead atoms. The molecule has 0 saturated heterocycles. The molecule has 0 spiro atoms. The van der Waals surface area contributed by atoms with Crippen molar-refractivity contribution in [2.75, 3.05) is 0 Å². The van der Waals surface area contributed by atoms with Crippen LogP contribution in [0, 0.1) is 0 Å². The van der Waals surface area contributed by atoms with Gasteiger partial charge in [-0.15, -0.1) is 0 Å². The molecule has 1 rings (SSSR count). The van der Waals surface area contributed by atoms with Crippen LogP contribution in [-0.4, -0.2) is 23.9 Å². The number of hydrogen-bond donors (Lipinski definition) is 2. The Bertz CT molecular complexity index is 678. The lowest BCUT2D eigenvalue weighted by Gasteiger charge is -2.21. The predicted molar refractivity (Wildman–Crippen MR) is 169 cm³/mol. The Morgan fingerprint density at radius 3 is 1.15 bits per heavy atom. The lowest BCUT2D eigenvalue weighted by atomic mass is 10.1. The maximum absolute atomic E-state index is 14.4. The first-order valence-electron chi connectivity index (χ1n) is 17.3. The highest BCUT2D eigenvalue weighted by Crippen LogP contribution is 2.21. The largest absolute Gasteiger partial charge is 0.345 e. The van der Waals surface area contributed by atoms with Crippen molar-refractivity contribution in [3.05, 3.63) is 23.8 Å². The van der Waals surface area contributed by atoms with Crippen LogP contribution in [0.5, 0.6) is 0 Å². The molecule has 1 saturated carbocycles. The Balaban J connectivity index is 2.19. The Hall–Kier alpha value is -1.72. The van der Waals surface area contributed by atoms with Gasteiger partial charge < -0.3 is 10.6 Å². The fourth-order valence-corrected chi connectivity index (χ4v) is 5.69. The van der Waals surface area contributed by atoms with Crippen LogP contribution in [-0.2, 0) is 9.59 Å². The van der Waals surface area contributed by atoms with Crippen LogP contribution in [0.15, 0.2) is 23.8 Å². The number of halogens is 2. The van der Waals surface area contributed by atoms with E-state index in [0.717, 1.165) is 44.9 Å². The first-order chi connectivity index (χ1) is 20.0. The molecule has 2 N–H and O–H groups in total. The molecule has 0 unspecified atom stereocenters. The van der Waals surface area contributed by atoms with E-state index in [1.807, 2.05) is 0 Å². The summed E-state index contributed by atoms with van der Waals surface area (Å²) >= 11 is 0. The third-order valence-electron chi connectivity index (χ3n) is 8.35. The van der Waals surface area contributed by atoms with E-state index in [1.54, 1.807) is 0 Å². The first-order valence-corrected chi connectivity index (χ1v) is 17.3. The number of allylic oxidation sites excluding steroid dienone is 2. The van der Waals surface area contributed by atoms with E-state index >= 15 is 0 Å². The SMILES string of the molecule is CCCCCCCCCCCC/C=C(/F)C(=O)N[C@H]1CCC[C@H]1NC(=O)/C(F)=C\CCCCCCCCCCCC. The molecule has 1 aliphatic rings. The van der Waals surface area contributed by atoms with Crippen molar-refractivity contribution in [3.8, 4) is 0 Å². The Kier molecular flexibility index (Phi) is 23.6. The lowest BCUT2D eigenvalue weighted by Crippen LogP contribution is -2.48. The third kappa shape index (κ3) is 19.9. The summed E-state index contributed by atoms with van der Waals surface area (Å²) in [5, 5.41) is 5.43.